The number of benzene rings is 1. The zero-order valence-corrected chi connectivity index (χ0v) is 18.8. The van der Waals surface area contributed by atoms with E-state index in [1.165, 1.54) is 11.3 Å². The highest BCUT2D eigenvalue weighted by Crippen LogP contribution is 2.29. The standard InChI is InChI=1S/C21H24Cl2N4O2S/c22-14-6-3-12(10-15(14)23)4-8-19(28)27-9-1-2-17(27)20(29)25-13-5-7-16-18(11-13)30-21(24)26-16/h3,6,10,13,17H,1-2,4-5,7-9,11H2,(H2,24,26)(H,25,29)/t13?,17-/m0/s1. The van der Waals surface area contributed by atoms with Crippen molar-refractivity contribution in [2.24, 2.45) is 0 Å². The number of likely N-dealkylation sites (tertiary alicyclic amines) is 1. The summed E-state index contributed by atoms with van der Waals surface area (Å²) in [5.74, 6) is -0.0544. The first-order chi connectivity index (χ1) is 14.4. The van der Waals surface area contributed by atoms with Gasteiger partial charge in [-0.05, 0) is 49.8 Å². The van der Waals surface area contributed by atoms with Crippen LogP contribution in [0.15, 0.2) is 18.2 Å². The highest BCUT2D eigenvalue weighted by molar-refractivity contribution is 7.15. The number of aromatic nitrogens is 1. The number of nitrogen functional groups attached to an aromatic ring is 1. The van der Waals surface area contributed by atoms with Crippen LogP contribution in [0.5, 0.6) is 0 Å². The summed E-state index contributed by atoms with van der Waals surface area (Å²) >= 11 is 13.5. The number of anilines is 1. The Labute approximate surface area is 189 Å². The molecular weight excluding hydrogens is 443 g/mol. The summed E-state index contributed by atoms with van der Waals surface area (Å²) < 4.78 is 0. The van der Waals surface area contributed by atoms with Crippen LogP contribution in [0, 0.1) is 0 Å². The second-order valence-electron chi connectivity index (χ2n) is 7.86. The molecule has 9 heteroatoms. The van der Waals surface area contributed by atoms with Gasteiger partial charge in [0.05, 0.1) is 15.7 Å². The van der Waals surface area contributed by atoms with Crippen molar-refractivity contribution in [3.8, 4) is 0 Å². The predicted molar refractivity (Wildman–Crippen MR) is 120 cm³/mol. The fourth-order valence-electron chi connectivity index (χ4n) is 4.24. The number of aryl methyl sites for hydroxylation is 2. The molecule has 1 fully saturated rings. The molecule has 3 N–H and O–H groups in total. The fourth-order valence-corrected chi connectivity index (χ4v) is 5.52. The molecule has 1 aliphatic carbocycles. The number of nitrogens with two attached hydrogens (primary N) is 1. The van der Waals surface area contributed by atoms with Gasteiger partial charge in [0, 0.05) is 30.3 Å². The van der Waals surface area contributed by atoms with E-state index in [-0.39, 0.29) is 23.9 Å². The third-order valence-corrected chi connectivity index (χ3v) is 7.48. The van der Waals surface area contributed by atoms with Crippen LogP contribution in [0.4, 0.5) is 5.13 Å². The number of nitrogens with zero attached hydrogens (tertiary/aromatic N) is 2. The number of nitrogens with one attached hydrogen (secondary N) is 1. The minimum absolute atomic E-state index is 0.000108. The number of carbonyl (C=O) groups excluding carboxylic acids is 2. The summed E-state index contributed by atoms with van der Waals surface area (Å²) in [5.41, 5.74) is 7.82. The van der Waals surface area contributed by atoms with Gasteiger partial charge in [0.2, 0.25) is 11.8 Å². The number of fused-ring (bicyclic) bond motifs is 1. The van der Waals surface area contributed by atoms with E-state index in [1.54, 1.807) is 17.0 Å². The highest BCUT2D eigenvalue weighted by Gasteiger charge is 2.35. The Morgan fingerprint density at radius 1 is 1.27 bits per heavy atom. The van der Waals surface area contributed by atoms with Crippen molar-refractivity contribution in [1.82, 2.24) is 15.2 Å². The minimum atomic E-state index is -0.390. The molecule has 1 unspecified atom stereocenters. The topological polar surface area (TPSA) is 88.3 Å². The SMILES string of the molecule is Nc1nc2c(s1)CC(NC(=O)[C@@H]1CCCN1C(=O)CCc1ccc(Cl)c(Cl)c1)CC2. The van der Waals surface area contributed by atoms with E-state index < -0.39 is 0 Å². The number of hydrogen-bond donors (Lipinski definition) is 2. The average Bonchev–Trinajstić information content (AvgIpc) is 3.34. The maximum atomic E-state index is 12.9. The minimum Gasteiger partial charge on any atom is -0.375 e. The Morgan fingerprint density at radius 2 is 2.10 bits per heavy atom. The Hall–Kier alpha value is -1.83. The molecule has 4 rings (SSSR count). The Kier molecular flexibility index (Phi) is 6.51. The quantitative estimate of drug-likeness (QED) is 0.703. The van der Waals surface area contributed by atoms with E-state index in [2.05, 4.69) is 10.3 Å². The molecule has 1 saturated heterocycles. The number of amides is 2. The molecule has 0 saturated carbocycles. The molecule has 1 aromatic heterocycles. The molecule has 0 spiro atoms. The lowest BCUT2D eigenvalue weighted by Crippen LogP contribution is -2.50. The molecule has 30 heavy (non-hydrogen) atoms. The van der Waals surface area contributed by atoms with E-state index in [4.69, 9.17) is 28.9 Å². The van der Waals surface area contributed by atoms with Crippen LogP contribution in [0.2, 0.25) is 10.0 Å². The van der Waals surface area contributed by atoms with Crippen molar-refractivity contribution < 1.29 is 9.59 Å². The van der Waals surface area contributed by atoms with Crippen molar-refractivity contribution >= 4 is 51.5 Å². The largest absolute Gasteiger partial charge is 0.375 e. The van der Waals surface area contributed by atoms with Crippen molar-refractivity contribution in [3.05, 3.63) is 44.4 Å². The van der Waals surface area contributed by atoms with Crippen LogP contribution in [0.3, 0.4) is 0 Å². The molecule has 2 aromatic rings. The molecule has 2 atom stereocenters. The van der Waals surface area contributed by atoms with Crippen LogP contribution in [-0.4, -0.2) is 40.3 Å². The van der Waals surface area contributed by atoms with Gasteiger partial charge in [-0.3, -0.25) is 9.59 Å². The second kappa shape index (κ2) is 9.12. The number of halogens is 2. The molecule has 1 aromatic carbocycles. The van der Waals surface area contributed by atoms with Crippen LogP contribution < -0.4 is 11.1 Å². The molecule has 1 aliphatic heterocycles. The smallest absolute Gasteiger partial charge is 0.243 e. The first kappa shape index (κ1) is 21.4. The van der Waals surface area contributed by atoms with Crippen LogP contribution in [0.1, 0.15) is 41.8 Å². The number of rotatable bonds is 5. The molecule has 2 amide bonds. The van der Waals surface area contributed by atoms with Crippen molar-refractivity contribution in [1.29, 1.82) is 0 Å². The van der Waals surface area contributed by atoms with Gasteiger partial charge >= 0.3 is 0 Å². The Balaban J connectivity index is 1.32. The van der Waals surface area contributed by atoms with E-state index in [9.17, 15) is 9.59 Å². The fraction of sp³-hybridized carbons (Fsp3) is 0.476. The first-order valence-corrected chi connectivity index (χ1v) is 11.8. The van der Waals surface area contributed by atoms with E-state index >= 15 is 0 Å². The lowest BCUT2D eigenvalue weighted by atomic mass is 9.97. The number of carbonyl (C=O) groups is 2. The van der Waals surface area contributed by atoms with Gasteiger partial charge in [-0.1, -0.05) is 29.3 Å². The van der Waals surface area contributed by atoms with Crippen molar-refractivity contribution in [3.63, 3.8) is 0 Å². The van der Waals surface area contributed by atoms with Gasteiger partial charge in [-0.25, -0.2) is 4.98 Å². The summed E-state index contributed by atoms with van der Waals surface area (Å²) in [4.78, 5) is 33.0. The zero-order valence-electron chi connectivity index (χ0n) is 16.5. The summed E-state index contributed by atoms with van der Waals surface area (Å²) in [5, 5.41) is 4.72. The Bertz CT molecular complexity index is 964. The average molecular weight is 467 g/mol. The number of hydrogen-bond acceptors (Lipinski definition) is 5. The van der Waals surface area contributed by atoms with Gasteiger partial charge in [-0.2, -0.15) is 0 Å². The maximum Gasteiger partial charge on any atom is 0.243 e. The molecule has 2 aliphatic rings. The third-order valence-electron chi connectivity index (χ3n) is 5.79. The summed E-state index contributed by atoms with van der Waals surface area (Å²) in [6, 6.07) is 5.08. The molecule has 6 nitrogen and oxygen atoms in total. The van der Waals surface area contributed by atoms with Crippen molar-refractivity contribution in [2.45, 2.75) is 57.0 Å². The summed E-state index contributed by atoms with van der Waals surface area (Å²) in [6.07, 6.45) is 4.89. The van der Waals surface area contributed by atoms with Gasteiger partial charge in [-0.15, -0.1) is 11.3 Å². The molecular formula is C21H24Cl2N4O2S. The highest BCUT2D eigenvalue weighted by atomic mass is 35.5. The Morgan fingerprint density at radius 3 is 2.90 bits per heavy atom. The summed E-state index contributed by atoms with van der Waals surface area (Å²) in [6.45, 7) is 0.623. The van der Waals surface area contributed by atoms with E-state index in [0.717, 1.165) is 41.8 Å². The monoisotopic (exact) mass is 466 g/mol. The van der Waals surface area contributed by atoms with E-state index in [0.29, 0.717) is 41.0 Å². The van der Waals surface area contributed by atoms with Gasteiger partial charge in [0.15, 0.2) is 5.13 Å². The van der Waals surface area contributed by atoms with Gasteiger partial charge < -0.3 is 16.0 Å². The second-order valence-corrected chi connectivity index (χ2v) is 9.79. The third kappa shape index (κ3) is 4.74. The predicted octanol–water partition coefficient (Wildman–Crippen LogP) is 3.63. The zero-order chi connectivity index (χ0) is 21.3. The molecule has 2 heterocycles. The molecule has 0 bridgehead atoms. The van der Waals surface area contributed by atoms with Crippen LogP contribution in [-0.2, 0) is 28.9 Å². The molecule has 160 valence electrons. The summed E-state index contributed by atoms with van der Waals surface area (Å²) in [7, 11) is 0. The van der Waals surface area contributed by atoms with Crippen LogP contribution in [0.25, 0.3) is 0 Å². The number of thiazole rings is 1. The lowest BCUT2D eigenvalue weighted by molar-refractivity contribution is -0.138. The molecule has 0 radical (unpaired) electrons. The lowest BCUT2D eigenvalue weighted by Gasteiger charge is -2.28. The van der Waals surface area contributed by atoms with Crippen LogP contribution >= 0.6 is 34.5 Å². The van der Waals surface area contributed by atoms with E-state index in [1.807, 2.05) is 6.07 Å². The first-order valence-electron chi connectivity index (χ1n) is 10.2. The maximum absolute atomic E-state index is 12.9. The van der Waals surface area contributed by atoms with Gasteiger partial charge in [0.1, 0.15) is 6.04 Å². The normalized spacial score (nSPS) is 20.8. The van der Waals surface area contributed by atoms with Gasteiger partial charge in [0.25, 0.3) is 0 Å². The van der Waals surface area contributed by atoms with Crippen molar-refractivity contribution in [2.75, 3.05) is 12.3 Å².